The lowest BCUT2D eigenvalue weighted by Crippen LogP contribution is -2.36. The van der Waals surface area contributed by atoms with Gasteiger partial charge in [-0.1, -0.05) is 36.2 Å². The maximum atomic E-state index is 9.54. The predicted octanol–water partition coefficient (Wildman–Crippen LogP) is 4.34. The predicted molar refractivity (Wildman–Crippen MR) is 80.9 cm³/mol. The minimum Gasteiger partial charge on any atom is -0.393 e. The summed E-state index contributed by atoms with van der Waals surface area (Å²) < 4.78 is 0. The van der Waals surface area contributed by atoms with Crippen molar-refractivity contribution >= 4 is 23.2 Å². The molecule has 1 unspecified atom stereocenters. The van der Waals surface area contributed by atoms with Crippen molar-refractivity contribution in [3.05, 3.63) is 33.8 Å². The Kier molecular flexibility index (Phi) is 5.52. The number of aliphatic hydroxyl groups excluding tert-OH is 1. The van der Waals surface area contributed by atoms with Crippen LogP contribution in [0.3, 0.4) is 0 Å². The van der Waals surface area contributed by atoms with Crippen molar-refractivity contribution in [3.8, 4) is 0 Å². The summed E-state index contributed by atoms with van der Waals surface area (Å²) in [6.45, 7) is 2.16. The van der Waals surface area contributed by atoms with Gasteiger partial charge in [0.25, 0.3) is 0 Å². The molecule has 2 nitrogen and oxygen atoms in total. The molecule has 19 heavy (non-hydrogen) atoms. The molecule has 0 saturated heterocycles. The number of rotatable bonds is 4. The molecule has 1 aliphatic rings. The van der Waals surface area contributed by atoms with Crippen LogP contribution in [0, 0.1) is 0 Å². The monoisotopic (exact) mass is 301 g/mol. The highest BCUT2D eigenvalue weighted by Crippen LogP contribution is 2.28. The minimum absolute atomic E-state index is 0.108. The zero-order valence-electron chi connectivity index (χ0n) is 11.2. The first-order valence-corrected chi connectivity index (χ1v) is 7.74. The highest BCUT2D eigenvalue weighted by Gasteiger charge is 2.22. The molecule has 0 amide bonds. The Balaban J connectivity index is 2.01. The molecule has 1 fully saturated rings. The van der Waals surface area contributed by atoms with Gasteiger partial charge in [0, 0.05) is 12.1 Å². The van der Waals surface area contributed by atoms with E-state index in [0.717, 1.165) is 32.1 Å². The molecule has 4 heteroatoms. The maximum Gasteiger partial charge on any atom is 0.0595 e. The molecule has 2 rings (SSSR count). The van der Waals surface area contributed by atoms with Crippen molar-refractivity contribution in [2.45, 2.75) is 57.2 Å². The van der Waals surface area contributed by atoms with Gasteiger partial charge in [-0.25, -0.2) is 0 Å². The van der Waals surface area contributed by atoms with E-state index in [1.807, 2.05) is 18.2 Å². The van der Waals surface area contributed by atoms with Crippen molar-refractivity contribution in [1.82, 2.24) is 5.32 Å². The first kappa shape index (κ1) is 15.1. The Bertz CT molecular complexity index is 417. The fourth-order valence-electron chi connectivity index (χ4n) is 2.71. The summed E-state index contributed by atoms with van der Waals surface area (Å²) in [5.74, 6) is 0. The van der Waals surface area contributed by atoms with E-state index in [4.69, 9.17) is 23.2 Å². The molecule has 0 spiro atoms. The quantitative estimate of drug-likeness (QED) is 0.867. The van der Waals surface area contributed by atoms with Gasteiger partial charge in [0.05, 0.1) is 16.1 Å². The van der Waals surface area contributed by atoms with E-state index in [0.29, 0.717) is 22.1 Å². The molecule has 1 aliphatic carbocycles. The van der Waals surface area contributed by atoms with Crippen LogP contribution >= 0.6 is 23.2 Å². The van der Waals surface area contributed by atoms with Crippen LogP contribution in [0.5, 0.6) is 0 Å². The summed E-state index contributed by atoms with van der Waals surface area (Å²) in [4.78, 5) is 0. The Morgan fingerprint density at radius 1 is 1.21 bits per heavy atom. The SMILES string of the molecule is CCC(NC1CCC(O)CC1)c1ccc(Cl)c(Cl)c1. The van der Waals surface area contributed by atoms with Crippen LogP contribution in [-0.4, -0.2) is 17.3 Å². The van der Waals surface area contributed by atoms with Gasteiger partial charge in [0.15, 0.2) is 0 Å². The smallest absolute Gasteiger partial charge is 0.0595 e. The summed E-state index contributed by atoms with van der Waals surface area (Å²) in [6.07, 6.45) is 4.78. The first-order chi connectivity index (χ1) is 9.10. The van der Waals surface area contributed by atoms with Crippen LogP contribution < -0.4 is 5.32 Å². The number of halogens is 2. The average molecular weight is 302 g/mol. The summed E-state index contributed by atoms with van der Waals surface area (Å²) in [7, 11) is 0. The Morgan fingerprint density at radius 3 is 2.47 bits per heavy atom. The van der Waals surface area contributed by atoms with Gasteiger partial charge in [0.2, 0.25) is 0 Å². The van der Waals surface area contributed by atoms with Crippen LogP contribution in [0.2, 0.25) is 10.0 Å². The number of hydrogen-bond acceptors (Lipinski definition) is 2. The lowest BCUT2D eigenvalue weighted by atomic mass is 9.91. The van der Waals surface area contributed by atoms with Gasteiger partial charge >= 0.3 is 0 Å². The second-order valence-electron chi connectivity index (χ2n) is 5.31. The van der Waals surface area contributed by atoms with E-state index in [9.17, 15) is 5.11 Å². The van der Waals surface area contributed by atoms with Crippen molar-refractivity contribution in [2.75, 3.05) is 0 Å². The van der Waals surface area contributed by atoms with E-state index in [-0.39, 0.29) is 6.10 Å². The molecule has 1 aromatic carbocycles. The number of benzene rings is 1. The van der Waals surface area contributed by atoms with Crippen LogP contribution in [0.15, 0.2) is 18.2 Å². The van der Waals surface area contributed by atoms with Crippen LogP contribution in [-0.2, 0) is 0 Å². The molecule has 1 atom stereocenters. The molecular formula is C15H21Cl2NO. The van der Waals surface area contributed by atoms with E-state index in [1.54, 1.807) is 0 Å². The van der Waals surface area contributed by atoms with E-state index in [1.165, 1.54) is 5.56 Å². The maximum absolute atomic E-state index is 9.54. The molecule has 106 valence electrons. The summed E-state index contributed by atoms with van der Waals surface area (Å²) in [5, 5.41) is 14.4. The zero-order chi connectivity index (χ0) is 13.8. The topological polar surface area (TPSA) is 32.3 Å². The Morgan fingerprint density at radius 2 is 1.89 bits per heavy atom. The number of nitrogens with one attached hydrogen (secondary N) is 1. The molecule has 0 aliphatic heterocycles. The minimum atomic E-state index is -0.108. The van der Waals surface area contributed by atoms with Crippen LogP contribution in [0.25, 0.3) is 0 Å². The molecule has 0 aromatic heterocycles. The lowest BCUT2D eigenvalue weighted by molar-refractivity contribution is 0.114. The molecule has 0 radical (unpaired) electrons. The van der Waals surface area contributed by atoms with Crippen molar-refractivity contribution in [3.63, 3.8) is 0 Å². The van der Waals surface area contributed by atoms with Gasteiger partial charge in [-0.05, 0) is 49.8 Å². The fraction of sp³-hybridized carbons (Fsp3) is 0.600. The van der Waals surface area contributed by atoms with Crippen molar-refractivity contribution in [2.24, 2.45) is 0 Å². The lowest BCUT2D eigenvalue weighted by Gasteiger charge is -2.30. The summed E-state index contributed by atoms with van der Waals surface area (Å²) in [5.41, 5.74) is 1.18. The van der Waals surface area contributed by atoms with Gasteiger partial charge in [-0.15, -0.1) is 0 Å². The number of hydrogen-bond donors (Lipinski definition) is 2. The highest BCUT2D eigenvalue weighted by molar-refractivity contribution is 6.42. The van der Waals surface area contributed by atoms with E-state index >= 15 is 0 Å². The third-order valence-corrected chi connectivity index (χ3v) is 4.63. The van der Waals surface area contributed by atoms with E-state index < -0.39 is 0 Å². The molecule has 0 heterocycles. The first-order valence-electron chi connectivity index (χ1n) is 6.99. The standard InChI is InChI=1S/C15H21Cl2NO/c1-2-15(10-3-8-13(16)14(17)9-10)18-11-4-6-12(19)7-5-11/h3,8-9,11-12,15,18-19H,2,4-7H2,1H3. The third kappa shape index (κ3) is 4.09. The van der Waals surface area contributed by atoms with Gasteiger partial charge in [0.1, 0.15) is 0 Å². The Labute approximate surface area is 125 Å². The van der Waals surface area contributed by atoms with Crippen molar-refractivity contribution in [1.29, 1.82) is 0 Å². The summed E-state index contributed by atoms with van der Waals surface area (Å²) >= 11 is 12.0. The van der Waals surface area contributed by atoms with Gasteiger partial charge in [-0.3, -0.25) is 0 Å². The van der Waals surface area contributed by atoms with Crippen LogP contribution in [0.1, 0.15) is 50.6 Å². The molecule has 1 aromatic rings. The second kappa shape index (κ2) is 6.94. The zero-order valence-corrected chi connectivity index (χ0v) is 12.7. The average Bonchev–Trinajstić information content (AvgIpc) is 2.41. The largest absolute Gasteiger partial charge is 0.393 e. The fourth-order valence-corrected chi connectivity index (χ4v) is 3.01. The molecular weight excluding hydrogens is 281 g/mol. The van der Waals surface area contributed by atoms with Gasteiger partial charge in [-0.2, -0.15) is 0 Å². The van der Waals surface area contributed by atoms with Gasteiger partial charge < -0.3 is 10.4 Å². The second-order valence-corrected chi connectivity index (χ2v) is 6.12. The summed E-state index contributed by atoms with van der Waals surface area (Å²) in [6, 6.07) is 6.63. The third-order valence-electron chi connectivity index (χ3n) is 3.89. The van der Waals surface area contributed by atoms with Crippen molar-refractivity contribution < 1.29 is 5.11 Å². The molecule has 0 bridgehead atoms. The normalized spacial score (nSPS) is 25.3. The Hall–Kier alpha value is -0.280. The highest BCUT2D eigenvalue weighted by atomic mass is 35.5. The van der Waals surface area contributed by atoms with Crippen LogP contribution in [0.4, 0.5) is 0 Å². The van der Waals surface area contributed by atoms with E-state index in [2.05, 4.69) is 12.2 Å². The number of aliphatic hydroxyl groups is 1. The molecule has 1 saturated carbocycles. The molecule has 2 N–H and O–H groups in total.